The first kappa shape index (κ1) is 17.0. The fraction of sp³-hybridized carbons (Fsp3) is 0.444. The average molecular weight is 348 g/mol. The Bertz CT molecular complexity index is 733. The number of rotatable bonds is 5. The molecule has 0 bridgehead atoms. The van der Waals surface area contributed by atoms with Crippen molar-refractivity contribution < 1.29 is 9.90 Å². The monoisotopic (exact) mass is 347 g/mol. The molecule has 0 spiro atoms. The van der Waals surface area contributed by atoms with Crippen LogP contribution in [0.5, 0.6) is 0 Å². The lowest BCUT2D eigenvalue weighted by atomic mass is 9.63. The van der Waals surface area contributed by atoms with Crippen LogP contribution in [0.3, 0.4) is 0 Å². The first-order valence-electron chi connectivity index (χ1n) is 8.09. The van der Waals surface area contributed by atoms with Gasteiger partial charge in [0.1, 0.15) is 5.60 Å². The summed E-state index contributed by atoms with van der Waals surface area (Å²) in [6.07, 6.45) is 6.02. The number of benzene rings is 1. The quantitative estimate of drug-likeness (QED) is 0.873. The number of amides is 1. The van der Waals surface area contributed by atoms with Crippen LogP contribution in [-0.2, 0) is 22.9 Å². The predicted octanol–water partition coefficient (Wildman–Crippen LogP) is 2.52. The second-order valence-electron chi connectivity index (χ2n) is 6.80. The average Bonchev–Trinajstić information content (AvgIpc) is 2.93. The van der Waals surface area contributed by atoms with Crippen LogP contribution >= 0.6 is 11.6 Å². The van der Waals surface area contributed by atoms with Gasteiger partial charge in [0.2, 0.25) is 5.91 Å². The minimum atomic E-state index is -1.16. The summed E-state index contributed by atoms with van der Waals surface area (Å²) in [6, 6.07) is 7.47. The Balaban J connectivity index is 1.72. The summed E-state index contributed by atoms with van der Waals surface area (Å²) >= 11 is 5.95. The molecule has 1 aromatic heterocycles. The highest BCUT2D eigenvalue weighted by molar-refractivity contribution is 6.30. The molecule has 0 aliphatic heterocycles. The van der Waals surface area contributed by atoms with Crippen molar-refractivity contribution in [1.29, 1.82) is 0 Å². The van der Waals surface area contributed by atoms with E-state index in [0.29, 0.717) is 10.6 Å². The lowest BCUT2D eigenvalue weighted by Crippen LogP contribution is -2.52. The summed E-state index contributed by atoms with van der Waals surface area (Å²) in [5.41, 5.74) is 0.000835. The van der Waals surface area contributed by atoms with E-state index in [-0.39, 0.29) is 12.5 Å². The Labute approximate surface area is 146 Å². The molecule has 0 unspecified atom stereocenters. The zero-order valence-electron chi connectivity index (χ0n) is 13.9. The van der Waals surface area contributed by atoms with Gasteiger partial charge in [-0.1, -0.05) is 30.2 Å². The topological polar surface area (TPSA) is 67.2 Å². The van der Waals surface area contributed by atoms with Gasteiger partial charge in [0.15, 0.2) is 0 Å². The van der Waals surface area contributed by atoms with E-state index in [2.05, 4.69) is 10.4 Å². The normalized spacial score (nSPS) is 18.5. The molecule has 3 rings (SSSR count). The van der Waals surface area contributed by atoms with E-state index in [4.69, 9.17) is 11.6 Å². The highest BCUT2D eigenvalue weighted by atomic mass is 35.5. The molecule has 0 radical (unpaired) electrons. The molecule has 1 atom stereocenters. The Hall–Kier alpha value is -1.85. The van der Waals surface area contributed by atoms with Crippen LogP contribution in [0.2, 0.25) is 5.02 Å². The van der Waals surface area contributed by atoms with Gasteiger partial charge < -0.3 is 10.4 Å². The van der Waals surface area contributed by atoms with E-state index in [1.807, 2.05) is 24.3 Å². The molecule has 5 nitrogen and oxygen atoms in total. The number of hydrogen-bond acceptors (Lipinski definition) is 3. The number of carbonyl (C=O) groups excluding carboxylic acids is 1. The highest BCUT2D eigenvalue weighted by Gasteiger charge is 2.46. The molecule has 24 heavy (non-hydrogen) atoms. The molecule has 1 aliphatic rings. The molecule has 2 aromatic rings. The van der Waals surface area contributed by atoms with Gasteiger partial charge in [-0.25, -0.2) is 0 Å². The number of halogens is 1. The van der Waals surface area contributed by atoms with Crippen LogP contribution in [0, 0.1) is 0 Å². The third-order valence-corrected chi connectivity index (χ3v) is 5.21. The molecule has 1 aliphatic carbocycles. The number of nitrogens with zero attached hydrogens (tertiary/aromatic N) is 2. The number of aryl methyl sites for hydroxylation is 1. The van der Waals surface area contributed by atoms with Crippen molar-refractivity contribution in [3.8, 4) is 0 Å². The lowest BCUT2D eigenvalue weighted by Gasteiger charge is -2.41. The van der Waals surface area contributed by atoms with E-state index in [0.717, 1.165) is 24.8 Å². The van der Waals surface area contributed by atoms with E-state index >= 15 is 0 Å². The molecule has 1 aromatic carbocycles. The Morgan fingerprint density at radius 3 is 2.58 bits per heavy atom. The zero-order valence-corrected chi connectivity index (χ0v) is 14.7. The predicted molar refractivity (Wildman–Crippen MR) is 92.8 cm³/mol. The van der Waals surface area contributed by atoms with Crippen LogP contribution in [-0.4, -0.2) is 27.3 Å². The zero-order chi connectivity index (χ0) is 17.4. The summed E-state index contributed by atoms with van der Waals surface area (Å²) in [5.74, 6) is -0.0414. The fourth-order valence-electron chi connectivity index (χ4n) is 3.17. The number of nitrogens with one attached hydrogen (secondary N) is 1. The van der Waals surface area contributed by atoms with Gasteiger partial charge >= 0.3 is 0 Å². The van der Waals surface area contributed by atoms with Crippen molar-refractivity contribution in [1.82, 2.24) is 15.1 Å². The molecule has 1 saturated carbocycles. The summed E-state index contributed by atoms with van der Waals surface area (Å²) in [5, 5.41) is 18.3. The van der Waals surface area contributed by atoms with Gasteiger partial charge in [0, 0.05) is 23.8 Å². The second-order valence-corrected chi connectivity index (χ2v) is 7.24. The SMILES string of the molecule is Cn1cc([C@@](C)(O)CNC(=O)C2(c3ccc(Cl)cc3)CCC2)cn1. The minimum absolute atomic E-state index is 0.0414. The van der Waals surface area contributed by atoms with Gasteiger partial charge in [-0.15, -0.1) is 0 Å². The number of aliphatic hydroxyl groups is 1. The number of hydrogen-bond donors (Lipinski definition) is 2. The summed E-state index contributed by atoms with van der Waals surface area (Å²) < 4.78 is 1.63. The van der Waals surface area contributed by atoms with Crippen LogP contribution < -0.4 is 5.32 Å². The third kappa shape index (κ3) is 3.06. The molecular formula is C18H22ClN3O2. The van der Waals surface area contributed by atoms with Crippen LogP contribution in [0.4, 0.5) is 0 Å². The maximum atomic E-state index is 12.8. The van der Waals surface area contributed by atoms with E-state index in [1.54, 1.807) is 31.0 Å². The smallest absolute Gasteiger partial charge is 0.230 e. The Morgan fingerprint density at radius 1 is 1.42 bits per heavy atom. The van der Waals surface area contributed by atoms with Crippen molar-refractivity contribution in [2.75, 3.05) is 6.54 Å². The number of carbonyl (C=O) groups is 1. The molecular weight excluding hydrogens is 326 g/mol. The largest absolute Gasteiger partial charge is 0.383 e. The van der Waals surface area contributed by atoms with Gasteiger partial charge in [0.05, 0.1) is 18.2 Å². The molecule has 6 heteroatoms. The van der Waals surface area contributed by atoms with E-state index in [9.17, 15) is 9.90 Å². The second kappa shape index (κ2) is 6.22. The standard InChI is InChI=1S/C18H22ClN3O2/c1-17(24,14-10-21-22(2)11-14)12-20-16(23)18(8-3-9-18)13-4-6-15(19)7-5-13/h4-7,10-11,24H,3,8-9,12H2,1-2H3,(H,20,23)/t17-/m0/s1. The van der Waals surface area contributed by atoms with Gasteiger partial charge in [0.25, 0.3) is 0 Å². The Kier molecular flexibility index (Phi) is 4.40. The van der Waals surface area contributed by atoms with Crippen molar-refractivity contribution in [2.45, 2.75) is 37.2 Å². The van der Waals surface area contributed by atoms with Crippen molar-refractivity contribution in [2.24, 2.45) is 7.05 Å². The van der Waals surface area contributed by atoms with Crippen LogP contribution in [0.25, 0.3) is 0 Å². The van der Waals surface area contributed by atoms with Crippen molar-refractivity contribution in [3.05, 3.63) is 52.8 Å². The summed E-state index contributed by atoms with van der Waals surface area (Å²) in [4.78, 5) is 12.8. The molecule has 2 N–H and O–H groups in total. The maximum Gasteiger partial charge on any atom is 0.230 e. The van der Waals surface area contributed by atoms with Gasteiger partial charge in [-0.05, 0) is 37.5 Å². The maximum absolute atomic E-state index is 12.8. The van der Waals surface area contributed by atoms with Crippen molar-refractivity contribution in [3.63, 3.8) is 0 Å². The molecule has 1 fully saturated rings. The molecule has 128 valence electrons. The summed E-state index contributed by atoms with van der Waals surface area (Å²) in [6.45, 7) is 1.83. The van der Waals surface area contributed by atoms with Crippen LogP contribution in [0.15, 0.2) is 36.7 Å². The minimum Gasteiger partial charge on any atom is -0.383 e. The number of aromatic nitrogens is 2. The molecule has 1 heterocycles. The van der Waals surface area contributed by atoms with E-state index < -0.39 is 11.0 Å². The third-order valence-electron chi connectivity index (χ3n) is 4.96. The summed E-state index contributed by atoms with van der Waals surface area (Å²) in [7, 11) is 1.79. The highest BCUT2D eigenvalue weighted by Crippen LogP contribution is 2.44. The van der Waals surface area contributed by atoms with Gasteiger partial charge in [-0.3, -0.25) is 9.48 Å². The first-order valence-corrected chi connectivity index (χ1v) is 8.47. The van der Waals surface area contributed by atoms with Crippen LogP contribution in [0.1, 0.15) is 37.3 Å². The lowest BCUT2D eigenvalue weighted by molar-refractivity contribution is -0.131. The van der Waals surface area contributed by atoms with Gasteiger partial charge in [-0.2, -0.15) is 5.10 Å². The van der Waals surface area contributed by atoms with Crippen molar-refractivity contribution >= 4 is 17.5 Å². The van der Waals surface area contributed by atoms with E-state index in [1.165, 1.54) is 0 Å². The fourth-order valence-corrected chi connectivity index (χ4v) is 3.30. The first-order chi connectivity index (χ1) is 11.3. The molecule has 0 saturated heterocycles. The molecule has 1 amide bonds. The Morgan fingerprint density at radius 2 is 2.08 bits per heavy atom.